The highest BCUT2D eigenvalue weighted by Gasteiger charge is 2.52. The van der Waals surface area contributed by atoms with Gasteiger partial charge in [-0.2, -0.15) is 0 Å². The molecule has 2 aliphatic heterocycles. The fraction of sp³-hybridized carbons (Fsp3) is 0.500. The van der Waals surface area contributed by atoms with Crippen molar-refractivity contribution in [3.63, 3.8) is 0 Å². The van der Waals surface area contributed by atoms with Gasteiger partial charge in [0, 0.05) is 6.54 Å². The van der Waals surface area contributed by atoms with Crippen molar-refractivity contribution in [2.75, 3.05) is 6.54 Å². The number of nitrogens with zero attached hydrogens (tertiary/aromatic N) is 1. The summed E-state index contributed by atoms with van der Waals surface area (Å²) in [6, 6.07) is 14.4. The maximum absolute atomic E-state index is 13.4. The molecule has 0 aromatic heterocycles. The molecule has 0 radical (unpaired) electrons. The number of fused-ring (bicyclic) bond motifs is 1. The van der Waals surface area contributed by atoms with Crippen LogP contribution < -0.4 is 5.46 Å². The van der Waals surface area contributed by atoms with Gasteiger partial charge in [0.05, 0.1) is 11.2 Å². The van der Waals surface area contributed by atoms with Crippen molar-refractivity contribution in [1.82, 2.24) is 4.90 Å². The molecule has 0 aliphatic carbocycles. The Bertz CT molecular complexity index is 1110. The van der Waals surface area contributed by atoms with Gasteiger partial charge < -0.3 is 18.8 Å². The Balaban J connectivity index is 1.62. The van der Waals surface area contributed by atoms with E-state index in [1.807, 2.05) is 97.0 Å². The Morgan fingerprint density at radius 2 is 1.67 bits per heavy atom. The SMILES string of the molecule is CC(C)(C)OC(=O)N1CCc2cc(B3OC(C)(C)C(C)(C)O3)ccc2C1C(=O)OCc1ccccc1. The quantitative estimate of drug-likeness (QED) is 0.459. The average Bonchev–Trinajstić information content (AvgIpc) is 3.02. The highest BCUT2D eigenvalue weighted by atomic mass is 16.7. The summed E-state index contributed by atoms with van der Waals surface area (Å²) in [5.74, 6) is -0.492. The smallest absolute Gasteiger partial charge is 0.459 e. The largest absolute Gasteiger partial charge is 0.494 e. The lowest BCUT2D eigenvalue weighted by atomic mass is 9.76. The Morgan fingerprint density at radius 3 is 2.28 bits per heavy atom. The first-order valence-corrected chi connectivity index (χ1v) is 12.5. The zero-order valence-electron chi connectivity index (χ0n) is 22.3. The molecule has 1 saturated heterocycles. The van der Waals surface area contributed by atoms with Crippen LogP contribution in [0.2, 0.25) is 0 Å². The van der Waals surface area contributed by atoms with E-state index in [0.717, 1.165) is 22.2 Å². The first-order chi connectivity index (χ1) is 16.8. The standard InChI is InChI=1S/C28H36BNO6/c1-26(2,3)34-25(32)30-16-15-20-17-21(29-35-27(4,5)28(6,7)36-29)13-14-22(20)23(30)24(31)33-18-19-11-9-8-10-12-19/h8-14,17,23H,15-16,18H2,1-7H3. The Kier molecular flexibility index (Phi) is 6.97. The molecule has 2 aliphatic rings. The van der Waals surface area contributed by atoms with Crippen molar-refractivity contribution in [1.29, 1.82) is 0 Å². The number of hydrogen-bond donors (Lipinski definition) is 0. The van der Waals surface area contributed by atoms with Crippen molar-refractivity contribution in [2.24, 2.45) is 0 Å². The molecule has 192 valence electrons. The first-order valence-electron chi connectivity index (χ1n) is 12.5. The summed E-state index contributed by atoms with van der Waals surface area (Å²) >= 11 is 0. The molecule has 0 N–H and O–H groups in total. The van der Waals surface area contributed by atoms with Crippen molar-refractivity contribution in [3.8, 4) is 0 Å². The van der Waals surface area contributed by atoms with Gasteiger partial charge in [-0.05, 0) is 77.0 Å². The fourth-order valence-electron chi connectivity index (χ4n) is 4.35. The number of esters is 1. The summed E-state index contributed by atoms with van der Waals surface area (Å²) < 4.78 is 23.7. The van der Waals surface area contributed by atoms with Crippen molar-refractivity contribution in [2.45, 2.75) is 84.3 Å². The summed E-state index contributed by atoms with van der Waals surface area (Å²) in [6.07, 6.45) is 0.0366. The number of carbonyl (C=O) groups is 2. The molecule has 8 heteroatoms. The van der Waals surface area contributed by atoms with Crippen LogP contribution in [-0.2, 0) is 36.6 Å². The molecule has 1 atom stereocenters. The minimum atomic E-state index is -0.903. The van der Waals surface area contributed by atoms with Gasteiger partial charge in [0.15, 0.2) is 6.04 Å². The van der Waals surface area contributed by atoms with Gasteiger partial charge in [0.1, 0.15) is 12.2 Å². The topological polar surface area (TPSA) is 74.3 Å². The number of ether oxygens (including phenoxy) is 2. The summed E-state index contributed by atoms with van der Waals surface area (Å²) in [5, 5.41) is 0. The number of hydrogen-bond acceptors (Lipinski definition) is 6. The Hall–Kier alpha value is -2.84. The number of amides is 1. The third-order valence-corrected chi connectivity index (χ3v) is 7.00. The third-order valence-electron chi connectivity index (χ3n) is 7.00. The van der Waals surface area contributed by atoms with Crippen molar-refractivity contribution < 1.29 is 28.4 Å². The van der Waals surface area contributed by atoms with Crippen LogP contribution in [0.4, 0.5) is 4.79 Å². The number of rotatable bonds is 4. The third kappa shape index (κ3) is 5.45. The molecular formula is C28H36BNO6. The summed E-state index contributed by atoms with van der Waals surface area (Å²) in [4.78, 5) is 28.0. The van der Waals surface area contributed by atoms with Gasteiger partial charge in [0.2, 0.25) is 0 Å². The highest BCUT2D eigenvalue weighted by molar-refractivity contribution is 6.62. The second kappa shape index (κ2) is 9.56. The Morgan fingerprint density at radius 1 is 1.03 bits per heavy atom. The highest BCUT2D eigenvalue weighted by Crippen LogP contribution is 2.37. The number of benzene rings is 2. The Labute approximate surface area is 214 Å². The molecule has 2 aromatic carbocycles. The van der Waals surface area contributed by atoms with Crippen LogP contribution in [0.3, 0.4) is 0 Å². The molecule has 1 unspecified atom stereocenters. The van der Waals surface area contributed by atoms with Gasteiger partial charge in [-0.15, -0.1) is 0 Å². The minimum absolute atomic E-state index is 0.125. The van der Waals surface area contributed by atoms with E-state index in [1.165, 1.54) is 4.90 Å². The predicted molar refractivity (Wildman–Crippen MR) is 138 cm³/mol. The second-order valence-corrected chi connectivity index (χ2v) is 11.5. The van der Waals surface area contributed by atoms with Gasteiger partial charge in [-0.3, -0.25) is 4.90 Å². The van der Waals surface area contributed by atoms with Crippen LogP contribution in [0.1, 0.15) is 71.2 Å². The fourth-order valence-corrected chi connectivity index (χ4v) is 4.35. The molecule has 0 bridgehead atoms. The molecule has 36 heavy (non-hydrogen) atoms. The molecule has 2 heterocycles. The van der Waals surface area contributed by atoms with Crippen molar-refractivity contribution >= 4 is 24.6 Å². The molecule has 1 amide bonds. The predicted octanol–water partition coefficient (Wildman–Crippen LogP) is 4.56. The van der Waals surface area contributed by atoms with E-state index >= 15 is 0 Å². The number of carbonyl (C=O) groups excluding carboxylic acids is 2. The first kappa shape index (κ1) is 26.2. The normalized spacial score (nSPS) is 20.6. The lowest BCUT2D eigenvalue weighted by Crippen LogP contribution is -2.47. The van der Waals surface area contributed by atoms with Gasteiger partial charge >= 0.3 is 19.2 Å². The molecule has 0 spiro atoms. The van der Waals surface area contributed by atoms with Crippen LogP contribution in [0.15, 0.2) is 48.5 Å². The van der Waals surface area contributed by atoms with Crippen LogP contribution in [-0.4, -0.2) is 47.4 Å². The van der Waals surface area contributed by atoms with Gasteiger partial charge in [-0.25, -0.2) is 9.59 Å². The lowest BCUT2D eigenvalue weighted by Gasteiger charge is -2.36. The van der Waals surface area contributed by atoms with Crippen molar-refractivity contribution in [3.05, 3.63) is 65.2 Å². The van der Waals surface area contributed by atoms with E-state index in [4.69, 9.17) is 18.8 Å². The second-order valence-electron chi connectivity index (χ2n) is 11.5. The zero-order valence-corrected chi connectivity index (χ0v) is 22.3. The van der Waals surface area contributed by atoms with E-state index in [1.54, 1.807) is 0 Å². The molecule has 2 aromatic rings. The van der Waals surface area contributed by atoms with Crippen LogP contribution in [0.25, 0.3) is 0 Å². The van der Waals surface area contributed by atoms with E-state index in [0.29, 0.717) is 13.0 Å². The van der Waals surface area contributed by atoms with E-state index in [9.17, 15) is 9.59 Å². The van der Waals surface area contributed by atoms with Crippen LogP contribution in [0.5, 0.6) is 0 Å². The van der Waals surface area contributed by atoms with E-state index in [2.05, 4.69) is 0 Å². The molecule has 7 nitrogen and oxygen atoms in total. The van der Waals surface area contributed by atoms with Gasteiger partial charge in [-0.1, -0.05) is 48.5 Å². The molecule has 0 saturated carbocycles. The van der Waals surface area contributed by atoms with Crippen LogP contribution >= 0.6 is 0 Å². The average molecular weight is 493 g/mol. The maximum Gasteiger partial charge on any atom is 0.494 e. The lowest BCUT2D eigenvalue weighted by molar-refractivity contribution is -0.152. The monoisotopic (exact) mass is 493 g/mol. The summed E-state index contributed by atoms with van der Waals surface area (Å²) in [7, 11) is -0.507. The summed E-state index contributed by atoms with van der Waals surface area (Å²) in [6.45, 7) is 13.9. The zero-order chi connectivity index (χ0) is 26.3. The summed E-state index contributed by atoms with van der Waals surface area (Å²) in [5.41, 5.74) is 1.86. The molecule has 4 rings (SSSR count). The maximum atomic E-state index is 13.4. The molecular weight excluding hydrogens is 457 g/mol. The van der Waals surface area contributed by atoms with Gasteiger partial charge in [0.25, 0.3) is 0 Å². The van der Waals surface area contributed by atoms with E-state index in [-0.39, 0.29) is 6.61 Å². The van der Waals surface area contributed by atoms with Crippen LogP contribution in [0, 0.1) is 0 Å². The minimum Gasteiger partial charge on any atom is -0.459 e. The molecule has 1 fully saturated rings. The van der Waals surface area contributed by atoms with E-state index < -0.39 is 42.0 Å².